The molecular formula is C24H26N4O3. The third kappa shape index (κ3) is 3.54. The number of carbonyl (C=O) groups excluding carboxylic acids is 3. The highest BCUT2D eigenvalue weighted by molar-refractivity contribution is 6.06. The molecule has 0 bridgehead atoms. The van der Waals surface area contributed by atoms with Gasteiger partial charge in [-0.25, -0.2) is 0 Å². The number of piperidine rings is 1. The molecule has 0 aromatic heterocycles. The summed E-state index contributed by atoms with van der Waals surface area (Å²) < 4.78 is 0. The Hall–Kier alpha value is -3.35. The Labute approximate surface area is 181 Å². The first kappa shape index (κ1) is 19.6. The maximum absolute atomic E-state index is 13.4. The second kappa shape index (κ2) is 7.72. The van der Waals surface area contributed by atoms with Gasteiger partial charge in [-0.15, -0.1) is 0 Å². The third-order valence-electron chi connectivity index (χ3n) is 6.48. The molecule has 7 nitrogen and oxygen atoms in total. The molecule has 0 radical (unpaired) electrons. The first-order chi connectivity index (χ1) is 15.0. The van der Waals surface area contributed by atoms with Crippen molar-refractivity contribution in [2.45, 2.75) is 51.4 Å². The zero-order valence-electron chi connectivity index (χ0n) is 17.6. The van der Waals surface area contributed by atoms with Gasteiger partial charge in [0.15, 0.2) is 0 Å². The van der Waals surface area contributed by atoms with Crippen LogP contribution in [0.1, 0.15) is 47.7 Å². The maximum Gasteiger partial charge on any atom is 0.255 e. The van der Waals surface area contributed by atoms with Crippen LogP contribution in [0.4, 0.5) is 11.4 Å². The molecule has 2 atom stereocenters. The van der Waals surface area contributed by atoms with Crippen LogP contribution in [0.5, 0.6) is 0 Å². The van der Waals surface area contributed by atoms with Crippen molar-refractivity contribution in [3.63, 3.8) is 0 Å². The molecule has 1 saturated heterocycles. The molecule has 0 aliphatic carbocycles. The van der Waals surface area contributed by atoms with Gasteiger partial charge in [-0.1, -0.05) is 30.3 Å². The van der Waals surface area contributed by atoms with Crippen LogP contribution in [-0.4, -0.2) is 41.2 Å². The fourth-order valence-corrected chi connectivity index (χ4v) is 4.87. The molecule has 2 aromatic carbocycles. The fourth-order valence-electron chi connectivity index (χ4n) is 4.87. The first-order valence-electron chi connectivity index (χ1n) is 10.9. The van der Waals surface area contributed by atoms with Gasteiger partial charge in [0.05, 0.1) is 11.4 Å². The molecule has 3 heterocycles. The zero-order valence-corrected chi connectivity index (χ0v) is 17.6. The van der Waals surface area contributed by atoms with E-state index >= 15 is 0 Å². The summed E-state index contributed by atoms with van der Waals surface area (Å²) in [6.07, 6.45) is 1.64. The normalized spacial score (nSPS) is 23.1. The number of carbonyl (C=O) groups is 3. The SMILES string of the molecule is CC1CCN(Cc2cccc3c2C(=O)N(C2CCC(=O)NC2=O)C3)c2ccccc2N1. The molecule has 0 spiro atoms. The van der Waals surface area contributed by atoms with Crippen LogP contribution < -0.4 is 15.5 Å². The Kier molecular flexibility index (Phi) is 4.88. The van der Waals surface area contributed by atoms with Crippen LogP contribution in [0.3, 0.4) is 0 Å². The molecule has 2 aromatic rings. The van der Waals surface area contributed by atoms with Crippen molar-refractivity contribution >= 4 is 29.1 Å². The number of hydrogen-bond acceptors (Lipinski definition) is 5. The van der Waals surface area contributed by atoms with Gasteiger partial charge in [-0.2, -0.15) is 0 Å². The minimum atomic E-state index is -0.589. The minimum absolute atomic E-state index is 0.116. The highest BCUT2D eigenvalue weighted by Gasteiger charge is 2.40. The lowest BCUT2D eigenvalue weighted by Gasteiger charge is -2.29. The van der Waals surface area contributed by atoms with Gasteiger partial charge in [0.1, 0.15) is 6.04 Å². The second-order valence-corrected chi connectivity index (χ2v) is 8.62. The molecule has 3 aliphatic heterocycles. The highest BCUT2D eigenvalue weighted by atomic mass is 16.2. The van der Waals surface area contributed by atoms with E-state index in [4.69, 9.17) is 0 Å². The van der Waals surface area contributed by atoms with Gasteiger partial charge in [-0.3, -0.25) is 19.7 Å². The number of nitrogens with zero attached hydrogens (tertiary/aromatic N) is 2. The molecule has 31 heavy (non-hydrogen) atoms. The monoisotopic (exact) mass is 418 g/mol. The average molecular weight is 418 g/mol. The number of amides is 3. The molecular weight excluding hydrogens is 392 g/mol. The molecule has 0 saturated carbocycles. The van der Waals surface area contributed by atoms with Crippen LogP contribution >= 0.6 is 0 Å². The van der Waals surface area contributed by atoms with Gasteiger partial charge in [-0.05, 0) is 43.0 Å². The van der Waals surface area contributed by atoms with Gasteiger partial charge >= 0.3 is 0 Å². The summed E-state index contributed by atoms with van der Waals surface area (Å²) in [5.74, 6) is -0.760. The summed E-state index contributed by atoms with van der Waals surface area (Å²) in [5, 5.41) is 5.94. The zero-order chi connectivity index (χ0) is 21.5. The molecule has 3 aliphatic rings. The maximum atomic E-state index is 13.4. The third-order valence-corrected chi connectivity index (χ3v) is 6.48. The number of nitrogens with one attached hydrogen (secondary N) is 2. The summed E-state index contributed by atoms with van der Waals surface area (Å²) in [6, 6.07) is 14.0. The molecule has 2 N–H and O–H groups in total. The molecule has 7 heteroatoms. The summed E-state index contributed by atoms with van der Waals surface area (Å²) in [6.45, 7) is 4.11. The largest absolute Gasteiger partial charge is 0.381 e. The van der Waals surface area contributed by atoms with E-state index in [2.05, 4.69) is 34.6 Å². The van der Waals surface area contributed by atoms with Crippen molar-refractivity contribution in [2.24, 2.45) is 0 Å². The van der Waals surface area contributed by atoms with Crippen molar-refractivity contribution in [2.75, 3.05) is 16.8 Å². The summed E-state index contributed by atoms with van der Waals surface area (Å²) in [7, 11) is 0. The van der Waals surface area contributed by atoms with E-state index in [1.807, 2.05) is 30.3 Å². The van der Waals surface area contributed by atoms with Crippen LogP contribution in [0.25, 0.3) is 0 Å². The van der Waals surface area contributed by atoms with E-state index < -0.39 is 6.04 Å². The quantitative estimate of drug-likeness (QED) is 0.749. The van der Waals surface area contributed by atoms with E-state index in [-0.39, 0.29) is 24.1 Å². The van der Waals surface area contributed by atoms with Crippen LogP contribution in [0.15, 0.2) is 42.5 Å². The second-order valence-electron chi connectivity index (χ2n) is 8.62. The van der Waals surface area contributed by atoms with E-state index in [0.29, 0.717) is 31.1 Å². The molecule has 2 unspecified atom stereocenters. The van der Waals surface area contributed by atoms with Crippen LogP contribution in [0, 0.1) is 0 Å². The van der Waals surface area contributed by atoms with Gasteiger partial charge in [0.25, 0.3) is 5.91 Å². The summed E-state index contributed by atoms with van der Waals surface area (Å²) in [5.41, 5.74) is 4.87. The Morgan fingerprint density at radius 3 is 2.71 bits per heavy atom. The minimum Gasteiger partial charge on any atom is -0.381 e. The number of rotatable bonds is 3. The Bertz CT molecular complexity index is 1070. The Morgan fingerprint density at radius 1 is 1.03 bits per heavy atom. The molecule has 5 rings (SSSR count). The number of benzene rings is 2. The fraction of sp³-hybridized carbons (Fsp3) is 0.375. The van der Waals surface area contributed by atoms with Crippen molar-refractivity contribution in [1.29, 1.82) is 0 Å². The Balaban J connectivity index is 1.43. The van der Waals surface area contributed by atoms with Gasteiger partial charge < -0.3 is 15.1 Å². The summed E-state index contributed by atoms with van der Waals surface area (Å²) >= 11 is 0. The summed E-state index contributed by atoms with van der Waals surface area (Å²) in [4.78, 5) is 41.2. The van der Waals surface area contributed by atoms with E-state index in [1.165, 1.54) is 0 Å². The topological polar surface area (TPSA) is 81.8 Å². The number of fused-ring (bicyclic) bond motifs is 2. The predicted octanol–water partition coefficient (Wildman–Crippen LogP) is 2.66. The first-order valence-corrected chi connectivity index (χ1v) is 10.9. The van der Waals surface area contributed by atoms with Gasteiger partial charge in [0.2, 0.25) is 11.8 Å². The Morgan fingerprint density at radius 2 is 1.87 bits per heavy atom. The standard InChI is InChI=1S/C24H26N4O3/c1-15-11-12-27(19-8-3-2-7-18(19)25-15)13-16-5-4-6-17-14-28(24(31)22(16)17)20-9-10-21(29)26-23(20)30/h2-8,15,20,25H,9-14H2,1H3,(H,26,29,30). The van der Waals surface area contributed by atoms with Gasteiger partial charge in [0, 0.05) is 37.7 Å². The number of anilines is 2. The van der Waals surface area contributed by atoms with Crippen molar-refractivity contribution in [3.8, 4) is 0 Å². The number of hydrogen-bond donors (Lipinski definition) is 2. The van der Waals surface area contributed by atoms with Crippen molar-refractivity contribution in [3.05, 3.63) is 59.2 Å². The van der Waals surface area contributed by atoms with Crippen molar-refractivity contribution in [1.82, 2.24) is 10.2 Å². The number of para-hydroxylation sites is 2. The highest BCUT2D eigenvalue weighted by Crippen LogP contribution is 2.34. The predicted molar refractivity (Wildman–Crippen MR) is 118 cm³/mol. The molecule has 1 fully saturated rings. The van der Waals surface area contributed by atoms with E-state index in [0.717, 1.165) is 35.5 Å². The van der Waals surface area contributed by atoms with E-state index in [1.54, 1.807) is 4.90 Å². The average Bonchev–Trinajstić information content (AvgIpc) is 2.99. The van der Waals surface area contributed by atoms with Crippen molar-refractivity contribution < 1.29 is 14.4 Å². The van der Waals surface area contributed by atoms with Crippen LogP contribution in [0.2, 0.25) is 0 Å². The van der Waals surface area contributed by atoms with E-state index in [9.17, 15) is 14.4 Å². The number of imide groups is 1. The smallest absolute Gasteiger partial charge is 0.255 e. The van der Waals surface area contributed by atoms with Crippen LogP contribution in [-0.2, 0) is 22.7 Å². The lowest BCUT2D eigenvalue weighted by Crippen LogP contribution is -2.52. The lowest BCUT2D eigenvalue weighted by atomic mass is 10.0. The molecule has 160 valence electrons. The molecule has 3 amide bonds. The lowest BCUT2D eigenvalue weighted by molar-refractivity contribution is -0.136.